The summed E-state index contributed by atoms with van der Waals surface area (Å²) in [5, 5.41) is 0. The largest absolute Gasteiger partial charge is 0.488 e. The van der Waals surface area contributed by atoms with E-state index in [1.807, 2.05) is 43.3 Å². The van der Waals surface area contributed by atoms with Gasteiger partial charge in [0.25, 0.3) is 0 Å². The molecule has 0 unspecified atom stereocenters. The van der Waals surface area contributed by atoms with Crippen LogP contribution in [0.2, 0.25) is 0 Å². The fraction of sp³-hybridized carbons (Fsp3) is 0.200. The van der Waals surface area contributed by atoms with E-state index in [1.54, 1.807) is 0 Å². The zero-order valence-electron chi connectivity index (χ0n) is 10.6. The van der Waals surface area contributed by atoms with Gasteiger partial charge >= 0.3 is 0 Å². The zero-order valence-corrected chi connectivity index (χ0v) is 13.8. The van der Waals surface area contributed by atoms with Crippen molar-refractivity contribution in [3.05, 3.63) is 62.0 Å². The molecule has 0 radical (unpaired) electrons. The molecule has 0 saturated heterocycles. The van der Waals surface area contributed by atoms with E-state index in [-0.39, 0.29) is 0 Å². The number of rotatable bonds is 4. The van der Waals surface area contributed by atoms with Gasteiger partial charge in [-0.25, -0.2) is 0 Å². The van der Waals surface area contributed by atoms with Gasteiger partial charge in [-0.1, -0.05) is 44.0 Å². The topological polar surface area (TPSA) is 35.2 Å². The first-order valence-corrected chi connectivity index (χ1v) is 7.55. The quantitative estimate of drug-likeness (QED) is 0.838. The summed E-state index contributed by atoms with van der Waals surface area (Å²) in [6.07, 6.45) is 0. The second-order valence-corrected chi connectivity index (χ2v) is 6.16. The number of ether oxygens (including phenoxy) is 1. The van der Waals surface area contributed by atoms with E-state index in [9.17, 15) is 0 Å². The summed E-state index contributed by atoms with van der Waals surface area (Å²) in [6.45, 7) is 3.04. The van der Waals surface area contributed by atoms with Gasteiger partial charge < -0.3 is 10.5 Å². The Kier molecular flexibility index (Phi) is 5.02. The summed E-state index contributed by atoms with van der Waals surface area (Å²) >= 11 is 6.90. The minimum absolute atomic E-state index is 0.468. The maximum atomic E-state index is 5.92. The molecule has 2 aromatic carbocycles. The third kappa shape index (κ3) is 3.81. The lowest BCUT2D eigenvalue weighted by Crippen LogP contribution is -2.04. The molecule has 0 amide bonds. The third-order valence-corrected chi connectivity index (χ3v) is 3.82. The molecule has 0 aliphatic rings. The van der Waals surface area contributed by atoms with Gasteiger partial charge in [-0.3, -0.25) is 0 Å². The average Bonchev–Trinajstić information content (AvgIpc) is 2.39. The molecule has 0 atom stereocenters. The van der Waals surface area contributed by atoms with Crippen LogP contribution in [-0.4, -0.2) is 0 Å². The van der Waals surface area contributed by atoms with Crippen LogP contribution in [-0.2, 0) is 13.2 Å². The standard InChI is InChI=1S/C15H15Br2NO/c1-10-6-14(17)7-12(8-18)15(10)19-9-11-2-4-13(16)5-3-11/h2-7H,8-9,18H2,1H3. The van der Waals surface area contributed by atoms with Crippen LogP contribution in [0.1, 0.15) is 16.7 Å². The third-order valence-electron chi connectivity index (χ3n) is 2.83. The Hall–Kier alpha value is -0.840. The van der Waals surface area contributed by atoms with Crippen molar-refractivity contribution in [2.75, 3.05) is 0 Å². The molecule has 0 aliphatic heterocycles. The zero-order chi connectivity index (χ0) is 13.8. The predicted octanol–water partition coefficient (Wildman–Crippen LogP) is 4.56. The molecule has 0 spiro atoms. The molecule has 2 nitrogen and oxygen atoms in total. The normalized spacial score (nSPS) is 10.5. The summed E-state index contributed by atoms with van der Waals surface area (Å²) in [5.74, 6) is 0.883. The number of benzene rings is 2. The molecule has 0 bridgehead atoms. The fourth-order valence-electron chi connectivity index (χ4n) is 1.89. The van der Waals surface area contributed by atoms with Crippen molar-refractivity contribution in [2.45, 2.75) is 20.1 Å². The lowest BCUT2D eigenvalue weighted by atomic mass is 10.1. The average molecular weight is 385 g/mol. The highest BCUT2D eigenvalue weighted by atomic mass is 79.9. The lowest BCUT2D eigenvalue weighted by molar-refractivity contribution is 0.301. The number of aryl methyl sites for hydroxylation is 1. The highest BCUT2D eigenvalue weighted by Crippen LogP contribution is 2.28. The second kappa shape index (κ2) is 6.55. The van der Waals surface area contributed by atoms with E-state index in [4.69, 9.17) is 10.5 Å². The molecule has 19 heavy (non-hydrogen) atoms. The van der Waals surface area contributed by atoms with Crippen LogP contribution in [0.15, 0.2) is 45.3 Å². The van der Waals surface area contributed by atoms with Gasteiger partial charge in [0.1, 0.15) is 12.4 Å². The lowest BCUT2D eigenvalue weighted by Gasteiger charge is -2.14. The molecule has 0 heterocycles. The Balaban J connectivity index is 2.17. The first kappa shape index (κ1) is 14.6. The Morgan fingerprint density at radius 2 is 1.74 bits per heavy atom. The van der Waals surface area contributed by atoms with E-state index < -0.39 is 0 Å². The summed E-state index contributed by atoms with van der Waals surface area (Å²) in [4.78, 5) is 0. The van der Waals surface area contributed by atoms with Crippen molar-refractivity contribution in [3.8, 4) is 5.75 Å². The van der Waals surface area contributed by atoms with Crippen LogP contribution >= 0.6 is 31.9 Å². The molecule has 0 aromatic heterocycles. The number of halogens is 2. The van der Waals surface area contributed by atoms with E-state index in [0.717, 1.165) is 31.4 Å². The Labute approximate surface area is 130 Å². The van der Waals surface area contributed by atoms with Crippen molar-refractivity contribution in [3.63, 3.8) is 0 Å². The highest BCUT2D eigenvalue weighted by molar-refractivity contribution is 9.10. The van der Waals surface area contributed by atoms with Crippen molar-refractivity contribution in [1.29, 1.82) is 0 Å². The van der Waals surface area contributed by atoms with Crippen LogP contribution in [0.4, 0.5) is 0 Å². The van der Waals surface area contributed by atoms with Gasteiger partial charge in [-0.15, -0.1) is 0 Å². The smallest absolute Gasteiger partial charge is 0.127 e. The number of hydrogen-bond donors (Lipinski definition) is 1. The van der Waals surface area contributed by atoms with E-state index in [2.05, 4.69) is 31.9 Å². The monoisotopic (exact) mass is 383 g/mol. The Morgan fingerprint density at radius 3 is 2.37 bits per heavy atom. The minimum Gasteiger partial charge on any atom is -0.488 e. The van der Waals surface area contributed by atoms with Gasteiger partial charge in [-0.2, -0.15) is 0 Å². The maximum Gasteiger partial charge on any atom is 0.127 e. The second-order valence-electron chi connectivity index (χ2n) is 4.33. The molecule has 2 rings (SSSR count). The summed E-state index contributed by atoms with van der Waals surface area (Å²) in [6, 6.07) is 12.1. The Bertz CT molecular complexity index is 567. The molecule has 100 valence electrons. The predicted molar refractivity (Wildman–Crippen MR) is 85.2 cm³/mol. The van der Waals surface area contributed by atoms with Crippen LogP contribution in [0.5, 0.6) is 5.75 Å². The molecule has 0 aliphatic carbocycles. The SMILES string of the molecule is Cc1cc(Br)cc(CN)c1OCc1ccc(Br)cc1. The van der Waals surface area contributed by atoms with E-state index >= 15 is 0 Å². The first-order valence-electron chi connectivity index (χ1n) is 5.96. The van der Waals surface area contributed by atoms with Crippen molar-refractivity contribution < 1.29 is 4.74 Å². The minimum atomic E-state index is 0.468. The van der Waals surface area contributed by atoms with Crippen molar-refractivity contribution in [2.24, 2.45) is 5.73 Å². The molecular weight excluding hydrogens is 370 g/mol. The fourth-order valence-corrected chi connectivity index (χ4v) is 2.78. The van der Waals surface area contributed by atoms with E-state index in [0.29, 0.717) is 13.2 Å². The van der Waals surface area contributed by atoms with Crippen molar-refractivity contribution in [1.82, 2.24) is 0 Å². The van der Waals surface area contributed by atoms with Gasteiger partial charge in [-0.05, 0) is 42.3 Å². The molecule has 0 saturated carbocycles. The van der Waals surface area contributed by atoms with Gasteiger partial charge in [0, 0.05) is 21.1 Å². The van der Waals surface area contributed by atoms with Gasteiger partial charge in [0.2, 0.25) is 0 Å². The molecule has 0 fully saturated rings. The summed E-state index contributed by atoms with van der Waals surface area (Å²) in [7, 11) is 0. The number of nitrogens with two attached hydrogens (primary N) is 1. The first-order chi connectivity index (χ1) is 9.10. The molecular formula is C15H15Br2NO. The van der Waals surface area contributed by atoms with Crippen LogP contribution in [0.3, 0.4) is 0 Å². The molecule has 2 aromatic rings. The molecule has 4 heteroatoms. The summed E-state index contributed by atoms with van der Waals surface area (Å²) < 4.78 is 8.02. The maximum absolute atomic E-state index is 5.92. The van der Waals surface area contributed by atoms with E-state index in [1.165, 1.54) is 0 Å². The van der Waals surface area contributed by atoms with Crippen LogP contribution in [0, 0.1) is 6.92 Å². The number of hydrogen-bond acceptors (Lipinski definition) is 2. The van der Waals surface area contributed by atoms with Gasteiger partial charge in [0.05, 0.1) is 0 Å². The summed E-state index contributed by atoms with van der Waals surface area (Å²) in [5.41, 5.74) is 9.01. The Morgan fingerprint density at radius 1 is 1.05 bits per heavy atom. The highest BCUT2D eigenvalue weighted by Gasteiger charge is 2.08. The van der Waals surface area contributed by atoms with Crippen LogP contribution < -0.4 is 10.5 Å². The van der Waals surface area contributed by atoms with Crippen LogP contribution in [0.25, 0.3) is 0 Å². The van der Waals surface area contributed by atoms with Crippen molar-refractivity contribution >= 4 is 31.9 Å². The molecule has 2 N–H and O–H groups in total. The van der Waals surface area contributed by atoms with Gasteiger partial charge in [0.15, 0.2) is 0 Å².